The first-order valence-electron chi connectivity index (χ1n) is 7.30. The van der Waals surface area contributed by atoms with Crippen LogP contribution in [0.25, 0.3) is 21.3 Å². The second kappa shape index (κ2) is 8.07. The summed E-state index contributed by atoms with van der Waals surface area (Å²) in [4.78, 5) is 10.00. The monoisotopic (exact) mass is 384 g/mol. The van der Waals surface area contributed by atoms with Crippen LogP contribution in [-0.4, -0.2) is 28.2 Å². The van der Waals surface area contributed by atoms with Gasteiger partial charge in [-0.25, -0.2) is 4.98 Å². The second-order valence-corrected chi connectivity index (χ2v) is 6.79. The molecule has 3 aromatic rings. The van der Waals surface area contributed by atoms with Gasteiger partial charge < -0.3 is 9.84 Å². The van der Waals surface area contributed by atoms with Crippen LogP contribution in [-0.2, 0) is 6.42 Å². The zero-order valence-electron chi connectivity index (χ0n) is 13.5. The van der Waals surface area contributed by atoms with Crippen LogP contribution in [0.15, 0.2) is 28.8 Å². The van der Waals surface area contributed by atoms with Crippen LogP contribution in [0.5, 0.6) is 0 Å². The molecule has 1 N–H and O–H groups in total. The molecular weight excluding hydrogens is 367 g/mol. The van der Waals surface area contributed by atoms with Crippen LogP contribution in [0.2, 0.25) is 5.02 Å². The molecule has 0 bridgehead atoms. The van der Waals surface area contributed by atoms with Crippen LogP contribution in [0.3, 0.4) is 0 Å². The number of aromatic nitrogens is 3. The highest BCUT2D eigenvalue weighted by molar-refractivity contribution is 7.18. The highest BCUT2D eigenvalue weighted by Crippen LogP contribution is 2.34. The molecule has 0 aliphatic heterocycles. The molecule has 0 fully saturated rings. The van der Waals surface area contributed by atoms with Crippen LogP contribution in [0.1, 0.15) is 18.4 Å². The fraction of sp³-hybridized carbons (Fsp3) is 0.312. The van der Waals surface area contributed by atoms with Crippen molar-refractivity contribution in [2.75, 3.05) is 7.05 Å². The van der Waals surface area contributed by atoms with Gasteiger partial charge >= 0.3 is 0 Å². The lowest BCUT2D eigenvalue weighted by atomic mass is 10.2. The van der Waals surface area contributed by atoms with Crippen LogP contribution < -0.4 is 5.32 Å². The van der Waals surface area contributed by atoms with Gasteiger partial charge in [-0.05, 0) is 33.0 Å². The van der Waals surface area contributed by atoms with E-state index in [4.69, 9.17) is 16.1 Å². The molecular formula is C16H18Cl2N4OS. The standard InChI is InChI=1S/C16H17ClN4OS.ClH/c1-9(18-3)8-13-20-15(22-21-13)14-10(2)19-16(23-14)11-4-6-12(17)7-5-11;/h4-7,9,18H,8H2,1-3H3;1H. The largest absolute Gasteiger partial charge is 0.333 e. The Morgan fingerprint density at radius 3 is 2.62 bits per heavy atom. The fourth-order valence-corrected chi connectivity index (χ4v) is 3.24. The summed E-state index contributed by atoms with van der Waals surface area (Å²) in [5, 5.41) is 8.84. The average Bonchev–Trinajstić information content (AvgIpc) is 3.14. The minimum atomic E-state index is 0. The molecule has 2 heterocycles. The molecule has 1 unspecified atom stereocenters. The van der Waals surface area contributed by atoms with Crippen molar-refractivity contribution in [2.24, 2.45) is 0 Å². The lowest BCUT2D eigenvalue weighted by Crippen LogP contribution is -2.24. The first-order chi connectivity index (χ1) is 11.1. The molecule has 0 radical (unpaired) electrons. The zero-order chi connectivity index (χ0) is 16.4. The van der Waals surface area contributed by atoms with Crippen molar-refractivity contribution < 1.29 is 4.52 Å². The zero-order valence-corrected chi connectivity index (χ0v) is 15.9. The predicted molar refractivity (Wildman–Crippen MR) is 100 cm³/mol. The molecule has 0 amide bonds. The number of hydrogen-bond donors (Lipinski definition) is 1. The first kappa shape index (κ1) is 18.9. The van der Waals surface area contributed by atoms with Gasteiger partial charge in [0.1, 0.15) is 9.88 Å². The van der Waals surface area contributed by atoms with E-state index in [1.165, 1.54) is 0 Å². The smallest absolute Gasteiger partial charge is 0.269 e. The predicted octanol–water partition coefficient (Wildman–Crippen LogP) is 4.39. The number of aryl methyl sites for hydroxylation is 1. The van der Waals surface area contributed by atoms with Gasteiger partial charge in [0, 0.05) is 23.0 Å². The molecule has 24 heavy (non-hydrogen) atoms. The Labute approximate surface area is 155 Å². The van der Waals surface area contributed by atoms with Gasteiger partial charge in [0.2, 0.25) is 0 Å². The summed E-state index contributed by atoms with van der Waals surface area (Å²) in [7, 11) is 1.91. The summed E-state index contributed by atoms with van der Waals surface area (Å²) in [5.41, 5.74) is 1.91. The lowest BCUT2D eigenvalue weighted by Gasteiger charge is -2.04. The van der Waals surface area contributed by atoms with Crippen molar-refractivity contribution in [1.29, 1.82) is 0 Å². The van der Waals surface area contributed by atoms with Gasteiger partial charge in [-0.2, -0.15) is 4.98 Å². The molecule has 1 aromatic carbocycles. The van der Waals surface area contributed by atoms with E-state index in [0.29, 0.717) is 22.8 Å². The van der Waals surface area contributed by atoms with Gasteiger partial charge in [0.05, 0.1) is 5.69 Å². The number of likely N-dealkylation sites (N-methyl/N-ethyl adjacent to an activating group) is 1. The van der Waals surface area contributed by atoms with Gasteiger partial charge in [0.15, 0.2) is 5.82 Å². The highest BCUT2D eigenvalue weighted by Gasteiger charge is 2.18. The van der Waals surface area contributed by atoms with Gasteiger partial charge in [-0.1, -0.05) is 28.9 Å². The van der Waals surface area contributed by atoms with E-state index in [1.807, 2.05) is 38.2 Å². The molecule has 128 valence electrons. The van der Waals surface area contributed by atoms with E-state index in [-0.39, 0.29) is 12.4 Å². The number of benzene rings is 1. The maximum absolute atomic E-state index is 5.93. The van der Waals surface area contributed by atoms with Gasteiger partial charge in [-0.15, -0.1) is 23.7 Å². The second-order valence-electron chi connectivity index (χ2n) is 5.35. The van der Waals surface area contributed by atoms with E-state index in [0.717, 1.165) is 27.6 Å². The lowest BCUT2D eigenvalue weighted by molar-refractivity contribution is 0.418. The Morgan fingerprint density at radius 1 is 1.25 bits per heavy atom. The molecule has 0 aliphatic rings. The molecule has 1 atom stereocenters. The highest BCUT2D eigenvalue weighted by atomic mass is 35.5. The summed E-state index contributed by atoms with van der Waals surface area (Å²) in [5.74, 6) is 1.22. The molecule has 0 saturated carbocycles. The maximum Gasteiger partial charge on any atom is 0.269 e. The summed E-state index contributed by atoms with van der Waals surface area (Å²) in [6.07, 6.45) is 0.724. The Kier molecular flexibility index (Phi) is 6.34. The van der Waals surface area contributed by atoms with E-state index in [2.05, 4.69) is 27.4 Å². The Balaban J connectivity index is 0.00000208. The van der Waals surface area contributed by atoms with Crippen molar-refractivity contribution in [2.45, 2.75) is 26.3 Å². The summed E-state index contributed by atoms with van der Waals surface area (Å²) in [6.45, 7) is 4.03. The Bertz CT molecular complexity index is 801. The first-order valence-corrected chi connectivity index (χ1v) is 8.50. The van der Waals surface area contributed by atoms with Crippen molar-refractivity contribution in [3.63, 3.8) is 0 Å². The molecule has 8 heteroatoms. The Morgan fingerprint density at radius 2 is 1.96 bits per heavy atom. The molecule has 5 nitrogen and oxygen atoms in total. The van der Waals surface area contributed by atoms with E-state index >= 15 is 0 Å². The van der Waals surface area contributed by atoms with Crippen LogP contribution >= 0.6 is 35.3 Å². The molecule has 3 rings (SSSR count). The van der Waals surface area contributed by atoms with Crippen molar-refractivity contribution in [3.05, 3.63) is 40.8 Å². The topological polar surface area (TPSA) is 63.8 Å². The quantitative estimate of drug-likeness (QED) is 0.706. The van der Waals surface area contributed by atoms with Gasteiger partial charge in [-0.3, -0.25) is 0 Å². The van der Waals surface area contributed by atoms with Crippen LogP contribution in [0.4, 0.5) is 0 Å². The Hall–Kier alpha value is -1.47. The van der Waals surface area contributed by atoms with Crippen molar-refractivity contribution in [3.8, 4) is 21.3 Å². The molecule has 0 saturated heterocycles. The minimum Gasteiger partial charge on any atom is -0.333 e. The number of halogens is 2. The van der Waals surface area contributed by atoms with E-state index in [1.54, 1.807) is 11.3 Å². The normalized spacial score (nSPS) is 12.0. The van der Waals surface area contributed by atoms with Gasteiger partial charge in [0.25, 0.3) is 5.89 Å². The number of nitrogens with one attached hydrogen (secondary N) is 1. The summed E-state index contributed by atoms with van der Waals surface area (Å²) in [6, 6.07) is 7.93. The third-order valence-corrected chi connectivity index (χ3v) is 4.98. The fourth-order valence-electron chi connectivity index (χ4n) is 2.12. The van der Waals surface area contributed by atoms with Crippen molar-refractivity contribution in [1.82, 2.24) is 20.4 Å². The third kappa shape index (κ3) is 4.13. The summed E-state index contributed by atoms with van der Waals surface area (Å²) < 4.78 is 5.41. The molecule has 2 aromatic heterocycles. The molecule has 0 spiro atoms. The minimum absolute atomic E-state index is 0. The maximum atomic E-state index is 5.93. The summed E-state index contributed by atoms with van der Waals surface area (Å²) >= 11 is 7.48. The van der Waals surface area contributed by atoms with Crippen molar-refractivity contribution >= 4 is 35.3 Å². The van der Waals surface area contributed by atoms with E-state index in [9.17, 15) is 0 Å². The number of rotatable bonds is 5. The molecule has 0 aliphatic carbocycles. The number of nitrogens with zero attached hydrogens (tertiary/aromatic N) is 3. The van der Waals surface area contributed by atoms with Crippen LogP contribution in [0, 0.1) is 6.92 Å². The third-order valence-electron chi connectivity index (χ3n) is 3.53. The number of hydrogen-bond acceptors (Lipinski definition) is 6. The average molecular weight is 385 g/mol. The number of thiazole rings is 1. The van der Waals surface area contributed by atoms with E-state index < -0.39 is 0 Å². The SMILES string of the molecule is CNC(C)Cc1noc(-c2sc(-c3ccc(Cl)cc3)nc2C)n1.Cl.